The molecule has 0 bridgehead atoms. The number of hydrogen-bond acceptors (Lipinski definition) is 2. The van der Waals surface area contributed by atoms with Gasteiger partial charge >= 0.3 is 0 Å². The number of rotatable bonds is 6. The van der Waals surface area contributed by atoms with Crippen LogP contribution >= 0.6 is 20.1 Å². The van der Waals surface area contributed by atoms with Gasteiger partial charge in [0, 0.05) is 18.1 Å². The zero-order valence-corrected chi connectivity index (χ0v) is 20.3. The van der Waals surface area contributed by atoms with Crippen LogP contribution in [0, 0.1) is 5.92 Å². The third kappa shape index (κ3) is 5.66. The molecule has 0 saturated heterocycles. The molecule has 2 aromatic carbocycles. The molecule has 2 aliphatic rings. The molecule has 4 rings (SSSR count). The summed E-state index contributed by atoms with van der Waals surface area (Å²) < 4.78 is 0. The Morgan fingerprint density at radius 2 is 1.52 bits per heavy atom. The minimum atomic E-state index is -0.396. The van der Waals surface area contributed by atoms with Crippen molar-refractivity contribution >= 4 is 35.9 Å². The van der Waals surface area contributed by atoms with Crippen molar-refractivity contribution in [2.45, 2.75) is 75.7 Å². The molecule has 2 saturated carbocycles. The summed E-state index contributed by atoms with van der Waals surface area (Å²) in [5.74, 6) is 0.617. The summed E-state index contributed by atoms with van der Waals surface area (Å²) in [5, 5.41) is 10.9. The van der Waals surface area contributed by atoms with E-state index in [1.807, 2.05) is 0 Å². The van der Waals surface area contributed by atoms with Crippen LogP contribution in [0.4, 0.5) is 0 Å². The molecule has 0 amide bonds. The van der Waals surface area contributed by atoms with Crippen molar-refractivity contribution in [1.82, 2.24) is 10.6 Å². The lowest BCUT2D eigenvalue weighted by atomic mass is 9.91. The van der Waals surface area contributed by atoms with E-state index in [0.29, 0.717) is 23.7 Å². The van der Waals surface area contributed by atoms with Crippen molar-refractivity contribution in [3.05, 3.63) is 60.7 Å². The van der Waals surface area contributed by atoms with Crippen LogP contribution in [0.2, 0.25) is 0 Å². The minimum absolute atomic E-state index is 0.215. The van der Waals surface area contributed by atoms with Gasteiger partial charge in [0.1, 0.15) is 0 Å². The summed E-state index contributed by atoms with van der Waals surface area (Å²) in [6, 6.07) is 23.2. The summed E-state index contributed by atoms with van der Waals surface area (Å²) in [6.45, 7) is 2.32. The van der Waals surface area contributed by atoms with Crippen LogP contribution in [0.1, 0.15) is 51.9 Å². The maximum atomic E-state index is 6.32. The van der Waals surface area contributed by atoms with E-state index >= 15 is 0 Å². The van der Waals surface area contributed by atoms with Gasteiger partial charge in [0.05, 0.1) is 0 Å². The highest BCUT2D eigenvalue weighted by Gasteiger charge is 2.38. The Labute approximate surface area is 194 Å². The lowest BCUT2D eigenvalue weighted by Crippen LogP contribution is -2.54. The molecule has 0 aromatic heterocycles. The topological polar surface area (TPSA) is 50.1 Å². The van der Waals surface area contributed by atoms with Crippen LogP contribution in [0.3, 0.4) is 0 Å². The normalized spacial score (nSPS) is 27.1. The molecular formula is C26H36N3PS. The van der Waals surface area contributed by atoms with Crippen molar-refractivity contribution in [1.29, 1.82) is 0 Å². The van der Waals surface area contributed by atoms with E-state index in [1.165, 1.54) is 42.7 Å². The maximum absolute atomic E-state index is 6.32. The Bertz CT molecular complexity index is 792. The van der Waals surface area contributed by atoms with Gasteiger partial charge in [-0.3, -0.25) is 0 Å². The molecule has 5 heteroatoms. The number of hydrogen-bond donors (Lipinski definition) is 3. The van der Waals surface area contributed by atoms with E-state index in [2.05, 4.69) is 78.2 Å². The van der Waals surface area contributed by atoms with E-state index < -0.39 is 7.92 Å². The van der Waals surface area contributed by atoms with E-state index in [1.54, 1.807) is 0 Å². The molecule has 4 N–H and O–H groups in total. The predicted molar refractivity (Wildman–Crippen MR) is 139 cm³/mol. The van der Waals surface area contributed by atoms with Crippen LogP contribution in [-0.2, 0) is 0 Å². The first-order valence-corrected chi connectivity index (χ1v) is 13.7. The molecule has 0 aliphatic heterocycles. The van der Waals surface area contributed by atoms with Crippen molar-refractivity contribution in [3.63, 3.8) is 0 Å². The monoisotopic (exact) mass is 453 g/mol. The SMILES string of the molecule is C[C@@H](NC(=S)N[C@H]1CCCC[C@@H]1N)[C@@H]1CCCC1P(c1ccccc1)c1ccccc1. The fraction of sp³-hybridized carbons (Fsp3) is 0.500. The quantitative estimate of drug-likeness (QED) is 0.448. The maximum Gasteiger partial charge on any atom is 0.166 e. The van der Waals surface area contributed by atoms with Crippen LogP contribution < -0.4 is 27.0 Å². The second-order valence-corrected chi connectivity index (χ2v) is 12.0. The molecule has 0 radical (unpaired) electrons. The van der Waals surface area contributed by atoms with Crippen molar-refractivity contribution in [3.8, 4) is 0 Å². The highest BCUT2D eigenvalue weighted by atomic mass is 32.1. The molecule has 0 spiro atoms. The average molecular weight is 454 g/mol. The Kier molecular flexibility index (Phi) is 7.98. The molecule has 31 heavy (non-hydrogen) atoms. The van der Waals surface area contributed by atoms with Gasteiger partial charge in [-0.15, -0.1) is 0 Å². The third-order valence-corrected chi connectivity index (χ3v) is 10.3. The Morgan fingerprint density at radius 1 is 0.903 bits per heavy atom. The minimum Gasteiger partial charge on any atom is -0.360 e. The molecular weight excluding hydrogens is 417 g/mol. The zero-order chi connectivity index (χ0) is 21.6. The molecule has 2 fully saturated rings. The Balaban J connectivity index is 1.48. The third-order valence-electron chi connectivity index (χ3n) is 7.07. The van der Waals surface area contributed by atoms with Gasteiger partial charge in [-0.25, -0.2) is 0 Å². The fourth-order valence-electron chi connectivity index (χ4n) is 5.44. The van der Waals surface area contributed by atoms with Gasteiger partial charge in [-0.1, -0.05) is 79.9 Å². The molecule has 166 valence electrons. The first kappa shape index (κ1) is 22.7. The lowest BCUT2D eigenvalue weighted by Gasteiger charge is -2.35. The second-order valence-electron chi connectivity index (χ2n) is 9.16. The standard InChI is InChI=1S/C26H36N3PS/c1-19(28-26(31)29-24-17-9-8-16-23(24)27)22-15-10-18-25(22)30(20-11-4-2-5-12-20)21-13-6-3-7-14-21/h2-7,11-14,19,22-25H,8-10,15-18,27H2,1H3,(H2,28,29,31)/t19-,22+,23+,24+,25?/m1/s1. The first-order chi connectivity index (χ1) is 15.1. The van der Waals surface area contributed by atoms with Gasteiger partial charge in [-0.2, -0.15) is 0 Å². The highest BCUT2D eigenvalue weighted by Crippen LogP contribution is 2.50. The van der Waals surface area contributed by atoms with Gasteiger partial charge < -0.3 is 16.4 Å². The summed E-state index contributed by atoms with van der Waals surface area (Å²) in [4.78, 5) is 0. The van der Waals surface area contributed by atoms with Gasteiger partial charge in [0.15, 0.2) is 5.11 Å². The van der Waals surface area contributed by atoms with Crippen LogP contribution in [0.5, 0.6) is 0 Å². The van der Waals surface area contributed by atoms with Crippen LogP contribution in [0.15, 0.2) is 60.7 Å². The zero-order valence-electron chi connectivity index (χ0n) is 18.5. The molecule has 2 aliphatic carbocycles. The summed E-state index contributed by atoms with van der Waals surface area (Å²) >= 11 is 5.72. The summed E-state index contributed by atoms with van der Waals surface area (Å²) in [7, 11) is -0.396. The second kappa shape index (κ2) is 10.9. The van der Waals surface area contributed by atoms with Gasteiger partial charge in [0.2, 0.25) is 0 Å². The number of nitrogens with one attached hydrogen (secondary N) is 2. The van der Waals surface area contributed by atoms with Crippen LogP contribution in [0.25, 0.3) is 0 Å². The van der Waals surface area contributed by atoms with Crippen molar-refractivity contribution in [2.24, 2.45) is 11.7 Å². The molecule has 1 unspecified atom stereocenters. The van der Waals surface area contributed by atoms with E-state index in [4.69, 9.17) is 18.0 Å². The fourth-order valence-corrected chi connectivity index (χ4v) is 9.06. The first-order valence-electron chi connectivity index (χ1n) is 11.9. The number of benzene rings is 2. The predicted octanol–water partition coefficient (Wildman–Crippen LogP) is 4.41. The Morgan fingerprint density at radius 3 is 2.13 bits per heavy atom. The van der Waals surface area contributed by atoms with E-state index in [-0.39, 0.29) is 6.04 Å². The molecule has 0 heterocycles. The van der Waals surface area contributed by atoms with Crippen molar-refractivity contribution < 1.29 is 0 Å². The summed E-state index contributed by atoms with van der Waals surface area (Å²) in [6.07, 6.45) is 8.56. The Hall–Kier alpha value is -1.48. The average Bonchev–Trinajstić information content (AvgIpc) is 3.26. The number of thiocarbonyl (C=S) groups is 1. The smallest absolute Gasteiger partial charge is 0.166 e. The van der Waals surface area contributed by atoms with E-state index in [0.717, 1.165) is 18.0 Å². The highest BCUT2D eigenvalue weighted by molar-refractivity contribution is 7.80. The van der Waals surface area contributed by atoms with Gasteiger partial charge in [0.25, 0.3) is 0 Å². The molecule has 2 aromatic rings. The van der Waals surface area contributed by atoms with E-state index in [9.17, 15) is 0 Å². The van der Waals surface area contributed by atoms with Crippen molar-refractivity contribution in [2.75, 3.05) is 0 Å². The molecule has 5 atom stereocenters. The van der Waals surface area contributed by atoms with Gasteiger partial charge in [-0.05, 0) is 74.9 Å². The largest absolute Gasteiger partial charge is 0.360 e. The molecule has 3 nitrogen and oxygen atoms in total. The lowest BCUT2D eigenvalue weighted by molar-refractivity contribution is 0.355. The van der Waals surface area contributed by atoms with Crippen LogP contribution in [-0.4, -0.2) is 28.9 Å². The number of nitrogens with two attached hydrogens (primary N) is 1. The summed E-state index contributed by atoms with van der Waals surface area (Å²) in [5.41, 5.74) is 6.99.